The third kappa shape index (κ3) is 5.63. The lowest BCUT2D eigenvalue weighted by Crippen LogP contribution is -2.32. The minimum Gasteiger partial charge on any atom is -0.493 e. The number of imidazole rings is 1. The number of aromatic nitrogens is 3. The quantitative estimate of drug-likeness (QED) is 0.122. The Hall–Kier alpha value is -4.09. The molecule has 0 bridgehead atoms. The van der Waals surface area contributed by atoms with Crippen LogP contribution in [0, 0.1) is 17.5 Å². The van der Waals surface area contributed by atoms with Crippen LogP contribution in [0.1, 0.15) is 43.5 Å². The summed E-state index contributed by atoms with van der Waals surface area (Å²) in [5, 5.41) is 0.964. The molecule has 12 heteroatoms. The van der Waals surface area contributed by atoms with E-state index in [0.29, 0.717) is 52.8 Å². The molecule has 0 fully saturated rings. The molecule has 1 atom stereocenters. The number of fused-ring (bicyclic) bond motifs is 2. The number of aromatic amines is 2. The first-order chi connectivity index (χ1) is 21.6. The summed E-state index contributed by atoms with van der Waals surface area (Å²) in [6.07, 6.45) is 6.10. The monoisotopic (exact) mass is 655 g/mol. The van der Waals surface area contributed by atoms with Crippen molar-refractivity contribution in [3.8, 4) is 28.6 Å². The van der Waals surface area contributed by atoms with E-state index in [1.54, 1.807) is 31.5 Å². The fraction of sp³-hybridized carbons (Fsp3) is 0.273. The molecule has 45 heavy (non-hydrogen) atoms. The number of carbonyl (C=O) groups is 1. The Balaban J connectivity index is 1.34. The van der Waals surface area contributed by atoms with Gasteiger partial charge in [-0.1, -0.05) is 11.6 Å². The zero-order chi connectivity index (χ0) is 31.9. The largest absolute Gasteiger partial charge is 0.493 e. The number of hydrogen-bond donors (Lipinski definition) is 2. The summed E-state index contributed by atoms with van der Waals surface area (Å²) < 4.78 is 62.1. The Bertz CT molecular complexity index is 1930. The van der Waals surface area contributed by atoms with Gasteiger partial charge in [0.05, 0.1) is 34.9 Å². The van der Waals surface area contributed by atoms with Gasteiger partial charge in [0, 0.05) is 40.2 Å². The summed E-state index contributed by atoms with van der Waals surface area (Å²) in [5.74, 6) is -2.41. The van der Waals surface area contributed by atoms with Crippen molar-refractivity contribution in [1.29, 1.82) is 0 Å². The van der Waals surface area contributed by atoms with E-state index in [9.17, 15) is 9.18 Å². The van der Waals surface area contributed by atoms with Gasteiger partial charge in [0.25, 0.3) is 0 Å². The SMILES string of the molecule is CCOC(=O)CCc1cc(Cl)cc2c1OCC[C@]2(C)c1c[nH]c(-c2cc(Oc3c(F)c(F)c4[nH]ccc4c3SC)ccc2F)n1. The molecule has 234 valence electrons. The Kier molecular flexibility index (Phi) is 8.49. The van der Waals surface area contributed by atoms with E-state index in [4.69, 9.17) is 30.8 Å². The summed E-state index contributed by atoms with van der Waals surface area (Å²) in [6.45, 7) is 4.46. The summed E-state index contributed by atoms with van der Waals surface area (Å²) in [7, 11) is 0. The molecule has 2 N–H and O–H groups in total. The molecule has 0 radical (unpaired) electrons. The highest BCUT2D eigenvalue weighted by Gasteiger charge is 2.39. The number of nitrogens with zero attached hydrogens (tertiary/aromatic N) is 1. The standard InChI is InChI=1S/C33H29ClF3N3O4S/c1-4-42-25(41)8-5-17-13-18(34)14-22-29(17)43-12-10-33(22,2)24-16-39-32(40-24)21-15-19(6-7-23(21)35)44-30-27(37)26(36)28-20(9-11-38-28)31(30)45-3/h6-7,9,11,13-16,38H,4-5,8,10,12H2,1-3H3,(H,39,40)/t33-/m0/s1. The number of carbonyl (C=O) groups excluding carboxylic acids is 1. The number of esters is 1. The van der Waals surface area contributed by atoms with Crippen LogP contribution in [0.15, 0.2) is 53.7 Å². The second-order valence-corrected chi connectivity index (χ2v) is 12.1. The van der Waals surface area contributed by atoms with E-state index in [2.05, 4.69) is 9.97 Å². The van der Waals surface area contributed by atoms with E-state index in [0.717, 1.165) is 11.1 Å². The molecule has 0 spiro atoms. The molecule has 2 aromatic heterocycles. The van der Waals surface area contributed by atoms with Crippen LogP contribution >= 0.6 is 23.4 Å². The van der Waals surface area contributed by atoms with Crippen LogP contribution in [0.25, 0.3) is 22.3 Å². The third-order valence-electron chi connectivity index (χ3n) is 8.05. The minimum atomic E-state index is -1.15. The Morgan fingerprint density at radius 2 is 1.98 bits per heavy atom. The van der Waals surface area contributed by atoms with Gasteiger partial charge in [-0.05, 0) is 74.9 Å². The van der Waals surface area contributed by atoms with Gasteiger partial charge < -0.3 is 24.2 Å². The topological polar surface area (TPSA) is 89.2 Å². The molecule has 0 saturated heterocycles. The molecule has 0 saturated carbocycles. The normalized spacial score (nSPS) is 16.0. The van der Waals surface area contributed by atoms with Gasteiger partial charge in [-0.3, -0.25) is 4.79 Å². The summed E-state index contributed by atoms with van der Waals surface area (Å²) in [5.41, 5.74) is 1.69. The maximum absolute atomic E-state index is 15.2. The van der Waals surface area contributed by atoms with Gasteiger partial charge in [-0.15, -0.1) is 11.8 Å². The third-order valence-corrected chi connectivity index (χ3v) is 9.08. The van der Waals surface area contributed by atoms with Crippen LogP contribution in [0.5, 0.6) is 17.2 Å². The van der Waals surface area contributed by atoms with E-state index >= 15 is 8.78 Å². The maximum Gasteiger partial charge on any atom is 0.306 e. The van der Waals surface area contributed by atoms with Gasteiger partial charge in [-0.25, -0.2) is 13.8 Å². The molecule has 5 aromatic rings. The van der Waals surface area contributed by atoms with Gasteiger partial charge >= 0.3 is 5.97 Å². The molecule has 3 heterocycles. The van der Waals surface area contributed by atoms with Crippen LogP contribution in [0.3, 0.4) is 0 Å². The first kappa shape index (κ1) is 30.9. The summed E-state index contributed by atoms with van der Waals surface area (Å²) >= 11 is 7.74. The molecule has 6 rings (SSSR count). The van der Waals surface area contributed by atoms with Gasteiger partial charge in [0.2, 0.25) is 5.82 Å². The van der Waals surface area contributed by atoms with Crippen LogP contribution < -0.4 is 9.47 Å². The average Bonchev–Trinajstić information content (AvgIpc) is 3.72. The number of H-pyrrole nitrogens is 2. The smallest absolute Gasteiger partial charge is 0.306 e. The van der Waals surface area contributed by atoms with Crippen LogP contribution in [-0.2, 0) is 21.4 Å². The van der Waals surface area contributed by atoms with Crippen molar-refractivity contribution in [3.63, 3.8) is 0 Å². The zero-order valence-electron chi connectivity index (χ0n) is 24.7. The number of ether oxygens (including phenoxy) is 3. The van der Waals surface area contributed by atoms with Crippen molar-refractivity contribution >= 4 is 40.2 Å². The number of thioether (sulfide) groups is 1. The summed E-state index contributed by atoms with van der Waals surface area (Å²) in [6, 6.07) is 9.18. The molecule has 3 aromatic carbocycles. The predicted molar refractivity (Wildman–Crippen MR) is 167 cm³/mol. The van der Waals surface area contributed by atoms with Crippen molar-refractivity contribution in [1.82, 2.24) is 15.0 Å². The first-order valence-corrected chi connectivity index (χ1v) is 15.9. The molecule has 7 nitrogen and oxygen atoms in total. The Labute approximate surface area is 266 Å². The molecular weight excluding hydrogens is 627 g/mol. The van der Waals surface area contributed by atoms with Crippen molar-refractivity contribution in [2.45, 2.75) is 43.4 Å². The highest BCUT2D eigenvalue weighted by Crippen LogP contribution is 2.47. The first-order valence-electron chi connectivity index (χ1n) is 14.3. The van der Waals surface area contributed by atoms with Gasteiger partial charge in [-0.2, -0.15) is 4.39 Å². The molecule has 1 aliphatic rings. The van der Waals surface area contributed by atoms with E-state index < -0.39 is 22.9 Å². The Morgan fingerprint density at radius 3 is 2.76 bits per heavy atom. The van der Waals surface area contributed by atoms with E-state index in [-0.39, 0.29) is 40.8 Å². The lowest BCUT2D eigenvalue weighted by molar-refractivity contribution is -0.143. The molecular formula is C33H29ClF3N3O4S. The Morgan fingerprint density at radius 1 is 1.16 bits per heavy atom. The number of nitrogens with one attached hydrogen (secondary N) is 2. The lowest BCUT2D eigenvalue weighted by atomic mass is 9.74. The number of rotatable bonds is 9. The van der Waals surface area contributed by atoms with E-state index in [1.165, 1.54) is 36.2 Å². The predicted octanol–water partition coefficient (Wildman–Crippen LogP) is 8.73. The van der Waals surface area contributed by atoms with Crippen LogP contribution in [0.2, 0.25) is 5.02 Å². The molecule has 0 unspecified atom stereocenters. The van der Waals surface area contributed by atoms with Crippen molar-refractivity contribution < 1.29 is 32.2 Å². The highest BCUT2D eigenvalue weighted by atomic mass is 35.5. The fourth-order valence-electron chi connectivity index (χ4n) is 5.72. The number of aryl methyl sites for hydroxylation is 1. The number of benzene rings is 3. The van der Waals surface area contributed by atoms with Crippen molar-refractivity contribution in [2.24, 2.45) is 0 Å². The van der Waals surface area contributed by atoms with Gasteiger partial charge in [0.1, 0.15) is 23.1 Å². The van der Waals surface area contributed by atoms with Crippen molar-refractivity contribution in [3.05, 3.63) is 88.1 Å². The molecule has 1 aliphatic heterocycles. The zero-order valence-corrected chi connectivity index (χ0v) is 26.2. The van der Waals surface area contributed by atoms with Crippen LogP contribution in [0.4, 0.5) is 13.2 Å². The lowest BCUT2D eigenvalue weighted by Gasteiger charge is -2.36. The van der Waals surface area contributed by atoms with Crippen molar-refractivity contribution in [2.75, 3.05) is 19.5 Å². The molecule has 0 amide bonds. The number of hydrogen-bond acceptors (Lipinski definition) is 6. The highest BCUT2D eigenvalue weighted by molar-refractivity contribution is 7.99. The average molecular weight is 656 g/mol. The second-order valence-electron chi connectivity index (χ2n) is 10.8. The number of halogens is 4. The van der Waals surface area contributed by atoms with E-state index in [1.807, 2.05) is 13.0 Å². The maximum atomic E-state index is 15.2. The fourth-order valence-corrected chi connectivity index (χ4v) is 6.67. The van der Waals surface area contributed by atoms with Crippen LogP contribution in [-0.4, -0.2) is 40.4 Å². The second kappa shape index (κ2) is 12.4. The van der Waals surface area contributed by atoms with Gasteiger partial charge in [0.15, 0.2) is 11.6 Å². The molecule has 0 aliphatic carbocycles. The summed E-state index contributed by atoms with van der Waals surface area (Å²) in [4.78, 5) is 23.0. The minimum absolute atomic E-state index is 0.0442.